The van der Waals surface area contributed by atoms with Gasteiger partial charge in [-0.05, 0) is 55.0 Å². The van der Waals surface area contributed by atoms with Crippen LogP contribution in [0.25, 0.3) is 0 Å². The lowest BCUT2D eigenvalue weighted by molar-refractivity contribution is 0.184. The SMILES string of the molecule is C=C1C2=NC(CC(C)C)CN2C(=O)N(Cc2cc(CC)cc(NC)c2)/C1=C/C(=C\C)N1CCNCC1. The monoisotopic (exact) mass is 490 g/mol. The fourth-order valence-electron chi connectivity index (χ4n) is 5.31. The third-order valence-corrected chi connectivity index (χ3v) is 7.18. The van der Waals surface area contributed by atoms with Crippen LogP contribution in [0.2, 0.25) is 0 Å². The van der Waals surface area contributed by atoms with Crippen LogP contribution < -0.4 is 10.6 Å². The molecule has 7 heteroatoms. The molecule has 2 amide bonds. The van der Waals surface area contributed by atoms with E-state index in [1.807, 2.05) is 16.8 Å². The largest absolute Gasteiger partial charge is 0.388 e. The normalized spacial score (nSPS) is 22.0. The van der Waals surface area contributed by atoms with Crippen LogP contribution in [0.1, 0.15) is 45.2 Å². The number of aryl methyl sites for hydroxylation is 1. The second-order valence-electron chi connectivity index (χ2n) is 10.3. The summed E-state index contributed by atoms with van der Waals surface area (Å²) in [5.74, 6) is 1.26. The first kappa shape index (κ1) is 26.0. The summed E-state index contributed by atoms with van der Waals surface area (Å²) >= 11 is 0. The number of nitrogens with one attached hydrogen (secondary N) is 2. The third-order valence-electron chi connectivity index (χ3n) is 7.18. The Morgan fingerprint density at radius 3 is 2.61 bits per heavy atom. The number of allylic oxidation sites excluding steroid dienone is 2. The van der Waals surface area contributed by atoms with E-state index in [-0.39, 0.29) is 12.1 Å². The highest BCUT2D eigenvalue weighted by atomic mass is 16.2. The minimum Gasteiger partial charge on any atom is -0.388 e. The van der Waals surface area contributed by atoms with Crippen molar-refractivity contribution in [3.8, 4) is 0 Å². The fourth-order valence-corrected chi connectivity index (χ4v) is 5.31. The third kappa shape index (κ3) is 5.51. The van der Waals surface area contributed by atoms with Crippen molar-refractivity contribution in [3.63, 3.8) is 0 Å². The Kier molecular flexibility index (Phi) is 8.19. The fraction of sp³-hybridized carbons (Fsp3) is 0.517. The molecule has 0 aromatic heterocycles. The predicted octanol–water partition coefficient (Wildman–Crippen LogP) is 4.60. The van der Waals surface area contributed by atoms with E-state index in [2.05, 4.69) is 80.2 Å². The standard InChI is InChI=1S/C29H42N6O/c1-7-22-14-23(16-24(15-22)30-6)18-34-27(17-26(8-2)33-11-9-31-10-12-33)21(5)28-32-25(13-20(3)4)19-35(28)29(34)36/h8,14-17,20,25,30-31H,5,7,9-13,18-19H2,1-4,6H3/b26-8+,27-17+. The highest BCUT2D eigenvalue weighted by Crippen LogP contribution is 2.34. The molecule has 0 bridgehead atoms. The van der Waals surface area contributed by atoms with Crippen LogP contribution in [-0.4, -0.2) is 72.4 Å². The molecule has 0 spiro atoms. The summed E-state index contributed by atoms with van der Waals surface area (Å²) < 4.78 is 0. The molecule has 3 heterocycles. The number of carbonyl (C=O) groups is 1. The first-order chi connectivity index (χ1) is 17.3. The van der Waals surface area contributed by atoms with Gasteiger partial charge in [0.15, 0.2) is 0 Å². The van der Waals surface area contributed by atoms with Crippen molar-refractivity contribution in [1.82, 2.24) is 20.0 Å². The number of piperazine rings is 1. The van der Waals surface area contributed by atoms with E-state index >= 15 is 0 Å². The quantitative estimate of drug-likeness (QED) is 0.559. The molecule has 2 N–H and O–H groups in total. The van der Waals surface area contributed by atoms with Gasteiger partial charge in [-0.15, -0.1) is 0 Å². The van der Waals surface area contributed by atoms with Crippen molar-refractivity contribution in [1.29, 1.82) is 0 Å². The van der Waals surface area contributed by atoms with Gasteiger partial charge in [0.05, 0.1) is 24.8 Å². The highest BCUT2D eigenvalue weighted by molar-refractivity contribution is 6.14. The number of amidine groups is 1. The predicted molar refractivity (Wildman–Crippen MR) is 149 cm³/mol. The molecule has 36 heavy (non-hydrogen) atoms. The number of aliphatic imine (C=N–C) groups is 1. The summed E-state index contributed by atoms with van der Waals surface area (Å²) in [5.41, 5.74) is 6.22. The molecule has 0 aliphatic carbocycles. The lowest BCUT2D eigenvalue weighted by Crippen LogP contribution is -2.51. The summed E-state index contributed by atoms with van der Waals surface area (Å²) in [6.45, 7) is 18.0. The number of hydrogen-bond acceptors (Lipinski definition) is 5. The van der Waals surface area contributed by atoms with Gasteiger partial charge in [-0.2, -0.15) is 0 Å². The second kappa shape index (κ2) is 11.3. The summed E-state index contributed by atoms with van der Waals surface area (Å²) in [6.07, 6.45) is 6.18. The molecule has 0 radical (unpaired) electrons. The Labute approximate surface area is 216 Å². The van der Waals surface area contributed by atoms with Gasteiger partial charge in [-0.3, -0.25) is 14.8 Å². The van der Waals surface area contributed by atoms with E-state index in [1.165, 1.54) is 5.56 Å². The molecule has 7 nitrogen and oxygen atoms in total. The summed E-state index contributed by atoms with van der Waals surface area (Å²) in [4.78, 5) is 25.1. The van der Waals surface area contributed by atoms with Crippen molar-refractivity contribution in [3.05, 3.63) is 65.0 Å². The molecule has 2 fully saturated rings. The van der Waals surface area contributed by atoms with Gasteiger partial charge in [-0.1, -0.05) is 39.5 Å². The molecule has 1 aromatic carbocycles. The lowest BCUT2D eigenvalue weighted by Gasteiger charge is -2.38. The molecule has 4 rings (SSSR count). The zero-order chi connectivity index (χ0) is 25.8. The number of rotatable bonds is 8. The molecule has 194 valence electrons. The van der Waals surface area contributed by atoms with Crippen LogP contribution >= 0.6 is 0 Å². The minimum absolute atomic E-state index is 0.0117. The summed E-state index contributed by atoms with van der Waals surface area (Å²) in [5, 5.41) is 6.69. The van der Waals surface area contributed by atoms with Crippen molar-refractivity contribution in [2.24, 2.45) is 10.9 Å². The van der Waals surface area contributed by atoms with E-state index in [1.54, 1.807) is 0 Å². The average molecular weight is 491 g/mol. The number of amides is 2. The van der Waals surface area contributed by atoms with Gasteiger partial charge in [0.1, 0.15) is 5.84 Å². The van der Waals surface area contributed by atoms with E-state index in [4.69, 9.17) is 4.99 Å². The molecule has 1 atom stereocenters. The molecule has 1 unspecified atom stereocenters. The second-order valence-corrected chi connectivity index (χ2v) is 10.3. The number of anilines is 1. The smallest absolute Gasteiger partial charge is 0.330 e. The van der Waals surface area contributed by atoms with Crippen molar-refractivity contribution in [2.45, 2.75) is 53.1 Å². The Bertz CT molecular complexity index is 1060. The number of hydrogen-bond donors (Lipinski definition) is 2. The van der Waals surface area contributed by atoms with E-state index in [0.717, 1.165) is 73.1 Å². The summed E-state index contributed by atoms with van der Waals surface area (Å²) in [6, 6.07) is 6.62. The molecular weight excluding hydrogens is 448 g/mol. The first-order valence-electron chi connectivity index (χ1n) is 13.3. The number of benzene rings is 1. The van der Waals surface area contributed by atoms with E-state index in [9.17, 15) is 4.79 Å². The molecule has 3 aliphatic rings. The van der Waals surface area contributed by atoms with E-state index < -0.39 is 0 Å². The van der Waals surface area contributed by atoms with Crippen LogP contribution in [0, 0.1) is 5.92 Å². The lowest BCUT2D eigenvalue weighted by atomic mass is 10.0. The number of nitrogens with zero attached hydrogens (tertiary/aromatic N) is 4. The number of urea groups is 1. The molecular formula is C29H42N6O. The van der Waals surface area contributed by atoms with Gasteiger partial charge in [0.2, 0.25) is 0 Å². The van der Waals surface area contributed by atoms with Gasteiger partial charge in [0.25, 0.3) is 0 Å². The van der Waals surface area contributed by atoms with Crippen LogP contribution in [0.5, 0.6) is 0 Å². The topological polar surface area (TPSA) is 63.2 Å². The van der Waals surface area contributed by atoms with Crippen LogP contribution in [-0.2, 0) is 13.0 Å². The Morgan fingerprint density at radius 1 is 1.25 bits per heavy atom. The molecule has 0 saturated carbocycles. The van der Waals surface area contributed by atoms with Crippen LogP contribution in [0.4, 0.5) is 10.5 Å². The van der Waals surface area contributed by atoms with Crippen molar-refractivity contribution in [2.75, 3.05) is 45.1 Å². The highest BCUT2D eigenvalue weighted by Gasteiger charge is 2.41. The molecule has 1 aromatic rings. The maximum atomic E-state index is 14.0. The van der Waals surface area contributed by atoms with Gasteiger partial charge >= 0.3 is 6.03 Å². The molecule has 3 aliphatic heterocycles. The maximum absolute atomic E-state index is 14.0. The zero-order valence-electron chi connectivity index (χ0n) is 22.6. The average Bonchev–Trinajstić information content (AvgIpc) is 3.30. The number of fused-ring (bicyclic) bond motifs is 1. The minimum atomic E-state index is -0.0117. The zero-order valence-corrected chi connectivity index (χ0v) is 22.6. The van der Waals surface area contributed by atoms with E-state index in [0.29, 0.717) is 19.0 Å². The molecule has 2 saturated heterocycles. The maximum Gasteiger partial charge on any atom is 0.330 e. The van der Waals surface area contributed by atoms with Crippen molar-refractivity contribution < 1.29 is 4.79 Å². The first-order valence-corrected chi connectivity index (χ1v) is 13.3. The van der Waals surface area contributed by atoms with Gasteiger partial charge < -0.3 is 15.5 Å². The van der Waals surface area contributed by atoms with Crippen LogP contribution in [0.3, 0.4) is 0 Å². The van der Waals surface area contributed by atoms with Gasteiger partial charge in [-0.25, -0.2) is 4.79 Å². The van der Waals surface area contributed by atoms with Crippen LogP contribution in [0.15, 0.2) is 58.9 Å². The Balaban J connectivity index is 1.73. The van der Waals surface area contributed by atoms with Crippen molar-refractivity contribution >= 4 is 17.6 Å². The Hall–Kier alpha value is -3.06. The number of carbonyl (C=O) groups excluding carboxylic acids is 1. The summed E-state index contributed by atoms with van der Waals surface area (Å²) in [7, 11) is 1.94. The Morgan fingerprint density at radius 2 is 1.97 bits per heavy atom. The van der Waals surface area contributed by atoms with Gasteiger partial charge in [0, 0.05) is 50.2 Å².